The number of fused-ring (bicyclic) bond motifs is 2. The maximum Gasteiger partial charge on any atom is 0.126 e. The predicted molar refractivity (Wildman–Crippen MR) is 124 cm³/mol. The third-order valence-corrected chi connectivity index (χ3v) is 6.66. The van der Waals surface area contributed by atoms with Gasteiger partial charge in [0.15, 0.2) is 0 Å². The summed E-state index contributed by atoms with van der Waals surface area (Å²) in [6.45, 7) is 0.820. The van der Waals surface area contributed by atoms with E-state index in [0.29, 0.717) is 5.56 Å². The fourth-order valence-electron chi connectivity index (χ4n) is 3.38. The molecule has 5 rings (SSSR count). The van der Waals surface area contributed by atoms with Crippen LogP contribution in [0.4, 0.5) is 11.4 Å². The fraction of sp³-hybridized carbons (Fsp3) is 0.136. The van der Waals surface area contributed by atoms with Gasteiger partial charge in [0.1, 0.15) is 15.9 Å². The zero-order valence-corrected chi connectivity index (χ0v) is 18.1. The van der Waals surface area contributed by atoms with Gasteiger partial charge < -0.3 is 15.2 Å². The average molecular weight is 431 g/mol. The van der Waals surface area contributed by atoms with Gasteiger partial charge in [-0.2, -0.15) is 5.26 Å². The van der Waals surface area contributed by atoms with Crippen LogP contribution in [0, 0.1) is 11.3 Å². The number of hydrogen-bond donors (Lipinski definition) is 2. The van der Waals surface area contributed by atoms with Crippen LogP contribution in [0.1, 0.15) is 10.6 Å². The molecule has 0 atom stereocenters. The molecule has 5 aromatic rings. The van der Waals surface area contributed by atoms with E-state index in [9.17, 15) is 5.26 Å². The van der Waals surface area contributed by atoms with Gasteiger partial charge in [-0.05, 0) is 44.4 Å². The number of H-pyrrole nitrogens is 1. The Morgan fingerprint density at radius 2 is 2.13 bits per heavy atom. The second kappa shape index (κ2) is 7.54. The molecule has 30 heavy (non-hydrogen) atoms. The molecule has 0 aliphatic heterocycles. The maximum atomic E-state index is 9.66. The second-order valence-electron chi connectivity index (χ2n) is 7.26. The van der Waals surface area contributed by atoms with E-state index in [1.54, 1.807) is 28.9 Å². The number of thiazole rings is 1. The van der Waals surface area contributed by atoms with E-state index >= 15 is 0 Å². The Hall–Kier alpha value is -3.25. The molecule has 0 spiro atoms. The molecule has 4 heterocycles. The lowest BCUT2D eigenvalue weighted by molar-refractivity contribution is 0.402. The molecule has 0 bridgehead atoms. The molecule has 0 amide bonds. The summed E-state index contributed by atoms with van der Waals surface area (Å²) in [5, 5.41) is 18.3. The molecule has 4 aromatic heterocycles. The Morgan fingerprint density at radius 1 is 1.23 bits per heavy atom. The van der Waals surface area contributed by atoms with Crippen LogP contribution in [-0.4, -0.2) is 33.9 Å². The van der Waals surface area contributed by atoms with E-state index in [2.05, 4.69) is 43.8 Å². The van der Waals surface area contributed by atoms with Gasteiger partial charge in [-0.3, -0.25) is 0 Å². The van der Waals surface area contributed by atoms with Crippen LogP contribution in [0.25, 0.3) is 31.7 Å². The Kier molecular flexibility index (Phi) is 4.71. The Balaban J connectivity index is 1.56. The molecule has 0 fully saturated rings. The molecule has 8 heteroatoms. The zero-order chi connectivity index (χ0) is 20.7. The monoisotopic (exact) mass is 430 g/mol. The van der Waals surface area contributed by atoms with Gasteiger partial charge in [0.2, 0.25) is 0 Å². The molecule has 0 aliphatic rings. The molecule has 6 nitrogen and oxygen atoms in total. The van der Waals surface area contributed by atoms with Crippen molar-refractivity contribution in [2.24, 2.45) is 0 Å². The topological polar surface area (TPSA) is 80.6 Å². The smallest absolute Gasteiger partial charge is 0.126 e. The zero-order valence-electron chi connectivity index (χ0n) is 16.4. The van der Waals surface area contributed by atoms with Crippen molar-refractivity contribution in [2.75, 3.05) is 19.4 Å². The number of nitrogens with one attached hydrogen (secondary N) is 2. The van der Waals surface area contributed by atoms with Gasteiger partial charge in [-0.1, -0.05) is 0 Å². The summed E-state index contributed by atoms with van der Waals surface area (Å²) in [6, 6.07) is 12.5. The summed E-state index contributed by atoms with van der Waals surface area (Å²) in [6.07, 6.45) is 3.56. The highest BCUT2D eigenvalue weighted by atomic mass is 32.1. The number of aromatic amines is 1. The average Bonchev–Trinajstić information content (AvgIpc) is 3.46. The van der Waals surface area contributed by atoms with E-state index in [-0.39, 0.29) is 0 Å². The van der Waals surface area contributed by atoms with Crippen LogP contribution < -0.4 is 5.32 Å². The second-order valence-corrected chi connectivity index (χ2v) is 9.23. The quantitative estimate of drug-likeness (QED) is 0.380. The number of thiophene rings is 1. The Labute approximate surface area is 181 Å². The molecule has 0 radical (unpaired) electrons. The number of rotatable bonds is 5. The highest BCUT2D eigenvalue weighted by molar-refractivity contribution is 7.22. The van der Waals surface area contributed by atoms with Crippen LogP contribution in [0.3, 0.4) is 0 Å². The first-order valence-corrected chi connectivity index (χ1v) is 11.1. The van der Waals surface area contributed by atoms with Crippen LogP contribution >= 0.6 is 22.7 Å². The summed E-state index contributed by atoms with van der Waals surface area (Å²) in [7, 11) is 4.08. The summed E-state index contributed by atoms with van der Waals surface area (Å²) in [5.74, 6) is 0. The van der Waals surface area contributed by atoms with E-state index in [0.717, 1.165) is 54.6 Å². The van der Waals surface area contributed by atoms with E-state index in [4.69, 9.17) is 4.98 Å². The van der Waals surface area contributed by atoms with E-state index in [1.807, 2.05) is 38.5 Å². The van der Waals surface area contributed by atoms with Crippen molar-refractivity contribution in [3.8, 4) is 16.6 Å². The first kappa shape index (κ1) is 18.8. The minimum absolute atomic E-state index is 0.521. The highest BCUT2D eigenvalue weighted by Crippen LogP contribution is 2.38. The van der Waals surface area contributed by atoms with Crippen molar-refractivity contribution in [3.05, 3.63) is 58.7 Å². The van der Waals surface area contributed by atoms with Crippen molar-refractivity contribution in [3.63, 3.8) is 0 Å². The third kappa shape index (κ3) is 3.44. The molecule has 0 unspecified atom stereocenters. The third-order valence-electron chi connectivity index (χ3n) is 4.76. The molecule has 1 aromatic carbocycles. The minimum atomic E-state index is 0.521. The van der Waals surface area contributed by atoms with Crippen molar-refractivity contribution in [2.45, 2.75) is 6.54 Å². The summed E-state index contributed by atoms with van der Waals surface area (Å²) >= 11 is 3.26. The molecular weight excluding hydrogens is 412 g/mol. The lowest BCUT2D eigenvalue weighted by Crippen LogP contribution is -2.10. The highest BCUT2D eigenvalue weighted by Gasteiger charge is 2.15. The van der Waals surface area contributed by atoms with Crippen molar-refractivity contribution in [1.82, 2.24) is 19.9 Å². The molecular formula is C22H18N6S2. The van der Waals surface area contributed by atoms with Crippen molar-refractivity contribution < 1.29 is 0 Å². The Morgan fingerprint density at radius 3 is 2.97 bits per heavy atom. The largest absolute Gasteiger partial charge is 0.361 e. The molecule has 0 saturated carbocycles. The minimum Gasteiger partial charge on any atom is -0.361 e. The van der Waals surface area contributed by atoms with Gasteiger partial charge in [0.25, 0.3) is 0 Å². The maximum absolute atomic E-state index is 9.66. The van der Waals surface area contributed by atoms with Crippen molar-refractivity contribution in [1.29, 1.82) is 5.26 Å². The summed E-state index contributed by atoms with van der Waals surface area (Å²) in [5.41, 5.74) is 4.27. The number of benzene rings is 1. The SMILES string of the molecule is CN(C)Cc1nc(-c2cc3c(Nc4ccc5[nH]ccc5c4)c(C#N)cnc3s2)cs1. The van der Waals surface area contributed by atoms with Crippen LogP contribution in [0.2, 0.25) is 0 Å². The number of nitriles is 1. The first-order chi connectivity index (χ1) is 14.6. The number of aromatic nitrogens is 3. The summed E-state index contributed by atoms with van der Waals surface area (Å²) in [4.78, 5) is 16.5. The fourth-order valence-corrected chi connectivity index (χ4v) is 5.33. The molecule has 0 saturated heterocycles. The molecule has 148 valence electrons. The summed E-state index contributed by atoms with van der Waals surface area (Å²) < 4.78 is 0. The standard InChI is InChI=1S/C22H18N6S2/c1-28(2)11-20-27-18(12-29-20)19-8-16-21(14(9-23)10-25-22(16)30-19)26-15-3-4-17-13(7-15)5-6-24-17/h3-8,10,12,24H,11H2,1-2H3,(H,25,26). The van der Waals surface area contributed by atoms with Crippen molar-refractivity contribution >= 4 is 55.2 Å². The van der Waals surface area contributed by atoms with Gasteiger partial charge in [0, 0.05) is 46.3 Å². The Bertz CT molecular complexity index is 1400. The number of hydrogen-bond acceptors (Lipinski definition) is 7. The van der Waals surface area contributed by atoms with Gasteiger partial charge in [-0.15, -0.1) is 22.7 Å². The van der Waals surface area contributed by atoms with Crippen LogP contribution in [-0.2, 0) is 6.54 Å². The van der Waals surface area contributed by atoms with Gasteiger partial charge in [0.05, 0.1) is 21.8 Å². The number of nitrogens with zero attached hydrogens (tertiary/aromatic N) is 4. The lowest BCUT2D eigenvalue weighted by atomic mass is 10.1. The van der Waals surface area contributed by atoms with E-state index in [1.165, 1.54) is 0 Å². The normalized spacial score (nSPS) is 11.4. The molecule has 0 aliphatic carbocycles. The number of anilines is 2. The molecule has 2 N–H and O–H groups in total. The first-order valence-electron chi connectivity index (χ1n) is 9.37. The van der Waals surface area contributed by atoms with Crippen LogP contribution in [0.15, 0.2) is 48.1 Å². The van der Waals surface area contributed by atoms with Crippen LogP contribution in [0.5, 0.6) is 0 Å². The van der Waals surface area contributed by atoms with Gasteiger partial charge in [-0.25, -0.2) is 9.97 Å². The predicted octanol–water partition coefficient (Wildman–Crippen LogP) is 5.58. The lowest BCUT2D eigenvalue weighted by Gasteiger charge is -2.09. The van der Waals surface area contributed by atoms with Gasteiger partial charge >= 0.3 is 0 Å². The number of pyridine rings is 1. The van der Waals surface area contributed by atoms with E-state index < -0.39 is 0 Å².